The number of aliphatic hydroxyl groups is 1. The molecule has 0 aromatic rings. The smallest absolute Gasteiger partial charge is 0.248 e. The summed E-state index contributed by atoms with van der Waals surface area (Å²) in [6.45, 7) is 32.2. The summed E-state index contributed by atoms with van der Waals surface area (Å²) in [6, 6.07) is -14.0. The van der Waals surface area contributed by atoms with Crippen molar-refractivity contribution in [1.29, 1.82) is 0 Å². The molecule has 25 nitrogen and oxygen atoms in total. The first kappa shape index (κ1) is 84.9. The highest BCUT2D eigenvalue weighted by Gasteiger charge is 2.46. The molecule has 0 saturated carbocycles. The van der Waals surface area contributed by atoms with Crippen LogP contribution in [0.25, 0.3) is 0 Å². The molecule has 0 spiro atoms. The number of carbonyl (C=O) groups excluding carboxylic acids is 11. The van der Waals surface area contributed by atoms with E-state index in [1.54, 1.807) is 47.6 Å². The fourth-order valence-electron chi connectivity index (χ4n) is 12.6. The number of aliphatic hydroxyl groups excluding tert-OH is 1. The Kier molecular flexibility index (Phi) is 35.6. The first-order valence-electron chi connectivity index (χ1n) is 34.9. The molecule has 0 radical (unpaired) electrons. The van der Waals surface area contributed by atoms with Crippen LogP contribution in [0.2, 0.25) is 0 Å². The molecule has 0 aromatic heterocycles. The molecule has 2 rings (SSSR count). The van der Waals surface area contributed by atoms with Crippen molar-refractivity contribution in [3.05, 3.63) is 12.2 Å². The van der Waals surface area contributed by atoms with Gasteiger partial charge in [-0.15, -0.1) is 0 Å². The van der Waals surface area contributed by atoms with Crippen LogP contribution < -0.4 is 21.3 Å². The summed E-state index contributed by atoms with van der Waals surface area (Å²) in [5, 5.41) is 23.5. The molecule has 13 atom stereocenters. The highest BCUT2D eigenvalue weighted by atomic mass is 16.5. The summed E-state index contributed by atoms with van der Waals surface area (Å²) in [4.78, 5) is 175. The third-order valence-electron chi connectivity index (χ3n) is 18.7. The number of nitrogens with zero attached hydrogens (tertiary/aromatic N) is 8. The van der Waals surface area contributed by atoms with Crippen LogP contribution in [0.5, 0.6) is 0 Å². The van der Waals surface area contributed by atoms with Gasteiger partial charge in [0, 0.05) is 55.9 Å². The second-order valence-electron chi connectivity index (χ2n) is 29.3. The number of amides is 11. The molecule has 2 aliphatic heterocycles. The summed E-state index contributed by atoms with van der Waals surface area (Å²) < 4.78 is 6.27. The van der Waals surface area contributed by atoms with E-state index in [-0.39, 0.29) is 69.0 Å². The normalized spacial score (nSPS) is 27.3. The number of allylic oxidation sites excluding steroid dienone is 2. The molecule has 25 heteroatoms. The standard InChI is InChI=1S/C70H126N12O13/c1-25-27-31-47(15)59(83)58-63(87)73-50(26-2)65(89)79(22)55(40-95-35-34-82-32-29-28-30-33-82)68(92)75(18)52(37-42(5)6)62(86)74-56(45(11)12)69(93)76(19)51(36-41(3)4)61(85)71-48(16)60(84)72-49(17)64(88)77(20)53(38-43(7)8)66(90)78(21)54(39-44(9)10)67(91)80(23)57(46(13)14)70(94)81(58)24/h25,27,41-59,83H,26,28-40H2,1-24H3,(H,71,85)(H,72,84)(H,73,87)(H,74,86)/t47-,48+,49-,50+,51+,52+,53+,54+,55-,56+,57+,58+,59-/m1/s1. The van der Waals surface area contributed by atoms with Crippen molar-refractivity contribution in [1.82, 2.24) is 60.5 Å². The minimum absolute atomic E-state index is 0.0163. The summed E-state index contributed by atoms with van der Waals surface area (Å²) in [5.41, 5.74) is 0. The lowest BCUT2D eigenvalue weighted by atomic mass is 9.91. The van der Waals surface area contributed by atoms with Gasteiger partial charge in [0.25, 0.3) is 0 Å². The number of likely N-dealkylation sites (tertiary alicyclic amines) is 1. The summed E-state index contributed by atoms with van der Waals surface area (Å²) in [7, 11) is 10.0. The second kappa shape index (κ2) is 39.9. The number of piperidine rings is 1. The molecular weight excluding hydrogens is 1220 g/mol. The van der Waals surface area contributed by atoms with Crippen LogP contribution in [0.1, 0.15) is 175 Å². The lowest BCUT2D eigenvalue weighted by Crippen LogP contribution is -2.64. The van der Waals surface area contributed by atoms with Crippen LogP contribution in [0.3, 0.4) is 0 Å². The Balaban J connectivity index is 3.09. The van der Waals surface area contributed by atoms with Crippen molar-refractivity contribution in [3.8, 4) is 0 Å². The van der Waals surface area contributed by atoms with Crippen LogP contribution in [0, 0.1) is 41.4 Å². The van der Waals surface area contributed by atoms with Crippen LogP contribution >= 0.6 is 0 Å². The number of nitrogens with one attached hydrogen (secondary N) is 4. The lowest BCUT2D eigenvalue weighted by molar-refractivity contribution is -0.157. The van der Waals surface area contributed by atoms with Gasteiger partial charge in [-0.3, -0.25) is 52.7 Å². The first-order chi connectivity index (χ1) is 44.2. The Hall–Kier alpha value is -6.21. The predicted octanol–water partition coefficient (Wildman–Crippen LogP) is 4.14. The molecule has 544 valence electrons. The van der Waals surface area contributed by atoms with Gasteiger partial charge >= 0.3 is 0 Å². The number of carbonyl (C=O) groups is 11. The van der Waals surface area contributed by atoms with E-state index in [2.05, 4.69) is 26.2 Å². The van der Waals surface area contributed by atoms with E-state index in [1.165, 1.54) is 92.6 Å². The number of ether oxygens (including phenoxy) is 1. The molecule has 0 bridgehead atoms. The zero-order chi connectivity index (χ0) is 72.8. The Bertz CT molecular complexity index is 2570. The van der Waals surface area contributed by atoms with E-state index >= 15 is 28.8 Å². The van der Waals surface area contributed by atoms with Crippen molar-refractivity contribution >= 4 is 65.0 Å². The summed E-state index contributed by atoms with van der Waals surface area (Å²) in [6.07, 6.45) is 6.10. The molecule has 2 fully saturated rings. The number of rotatable bonds is 20. The molecule has 0 aliphatic carbocycles. The van der Waals surface area contributed by atoms with Crippen molar-refractivity contribution in [2.24, 2.45) is 41.4 Å². The van der Waals surface area contributed by atoms with Crippen molar-refractivity contribution < 1.29 is 62.6 Å². The van der Waals surface area contributed by atoms with Crippen LogP contribution in [-0.2, 0) is 57.5 Å². The predicted molar refractivity (Wildman–Crippen MR) is 368 cm³/mol. The fraction of sp³-hybridized carbons (Fsp3) is 0.814. The molecule has 95 heavy (non-hydrogen) atoms. The quantitative estimate of drug-likeness (QED) is 0.0846. The minimum Gasteiger partial charge on any atom is -0.390 e. The van der Waals surface area contributed by atoms with Crippen LogP contribution in [0.15, 0.2) is 12.2 Å². The summed E-state index contributed by atoms with van der Waals surface area (Å²) >= 11 is 0. The molecule has 2 saturated heterocycles. The third kappa shape index (κ3) is 24.4. The number of hydrogen-bond donors (Lipinski definition) is 5. The van der Waals surface area contributed by atoms with E-state index in [0.29, 0.717) is 13.0 Å². The topological polar surface area (TPSA) is 291 Å². The molecule has 0 aromatic carbocycles. The van der Waals surface area contributed by atoms with Crippen molar-refractivity contribution in [2.75, 3.05) is 82.2 Å². The van der Waals surface area contributed by atoms with E-state index in [9.17, 15) is 29.1 Å². The van der Waals surface area contributed by atoms with E-state index in [4.69, 9.17) is 4.74 Å². The van der Waals surface area contributed by atoms with Gasteiger partial charge in [0.15, 0.2) is 0 Å². The second-order valence-corrected chi connectivity index (χ2v) is 29.3. The van der Waals surface area contributed by atoms with Gasteiger partial charge in [-0.05, 0) is 127 Å². The van der Waals surface area contributed by atoms with Crippen molar-refractivity contribution in [2.45, 2.75) is 248 Å². The number of hydrogen-bond acceptors (Lipinski definition) is 14. The average molecular weight is 1340 g/mol. The van der Waals surface area contributed by atoms with Gasteiger partial charge < -0.3 is 70.3 Å². The highest BCUT2D eigenvalue weighted by molar-refractivity contribution is 6.00. The van der Waals surface area contributed by atoms with Gasteiger partial charge in [0.1, 0.15) is 66.5 Å². The van der Waals surface area contributed by atoms with Gasteiger partial charge in [0.05, 0.1) is 19.3 Å². The third-order valence-corrected chi connectivity index (χ3v) is 18.7. The minimum atomic E-state index is -1.65. The van der Waals surface area contributed by atoms with Crippen LogP contribution in [0.4, 0.5) is 0 Å². The Morgan fingerprint density at radius 3 is 1.36 bits per heavy atom. The maximum absolute atomic E-state index is 15.4. The molecular formula is C70H126N12O13. The molecule has 0 unspecified atom stereocenters. The Morgan fingerprint density at radius 2 is 0.884 bits per heavy atom. The van der Waals surface area contributed by atoms with Gasteiger partial charge in [-0.2, -0.15) is 0 Å². The molecule has 2 heterocycles. The number of likely N-dealkylation sites (N-methyl/N-ethyl adjacent to an activating group) is 7. The summed E-state index contributed by atoms with van der Waals surface area (Å²) in [5.74, 6) is -10.0. The monoisotopic (exact) mass is 1340 g/mol. The molecule has 11 amide bonds. The Labute approximate surface area is 569 Å². The zero-order valence-corrected chi connectivity index (χ0v) is 62.4. The van der Waals surface area contributed by atoms with Gasteiger partial charge in [-0.1, -0.05) is 116 Å². The van der Waals surface area contributed by atoms with E-state index in [0.717, 1.165) is 37.3 Å². The zero-order valence-electron chi connectivity index (χ0n) is 62.4. The van der Waals surface area contributed by atoms with Gasteiger partial charge in [-0.25, -0.2) is 0 Å². The Morgan fingerprint density at radius 1 is 0.463 bits per heavy atom. The molecule has 5 N–H and O–H groups in total. The SMILES string of the molecule is CC=CC[C@@H](C)[C@@H](O)[C@H]1C(=O)N[C@@H](CC)C(=O)N(C)[C@H](COCCN2CCCCC2)C(=O)N(C)[C@@H](CC(C)C)C(=O)N[C@@H](C(C)C)C(=O)N(C)[C@@H](CC(C)C)C(=O)N[C@@H](C)C(=O)N[C@H](C)C(=O)N(C)[C@@H](CC(C)C)C(=O)N(C)[C@@H](CC(C)C)C(=O)N(C)[C@@H](C(C)C)C(=O)N1C. The average Bonchev–Trinajstić information content (AvgIpc) is 0.814. The van der Waals surface area contributed by atoms with E-state index in [1.807, 2.05) is 68.4 Å². The molecule has 2 aliphatic rings. The maximum Gasteiger partial charge on any atom is 0.248 e. The van der Waals surface area contributed by atoms with Crippen molar-refractivity contribution in [3.63, 3.8) is 0 Å². The first-order valence-corrected chi connectivity index (χ1v) is 34.9. The fourth-order valence-corrected chi connectivity index (χ4v) is 12.6. The highest BCUT2D eigenvalue weighted by Crippen LogP contribution is 2.26. The largest absolute Gasteiger partial charge is 0.390 e. The lowest BCUT2D eigenvalue weighted by Gasteiger charge is -2.41. The maximum atomic E-state index is 15.4. The van der Waals surface area contributed by atoms with E-state index < -0.39 is 155 Å². The van der Waals surface area contributed by atoms with Gasteiger partial charge in [0.2, 0.25) is 65.0 Å². The van der Waals surface area contributed by atoms with Crippen LogP contribution in [-0.4, -0.2) is 264 Å².